The van der Waals surface area contributed by atoms with Gasteiger partial charge in [-0.2, -0.15) is 0 Å². The smallest absolute Gasteiger partial charge is 0.234 e. The Balaban J connectivity index is 4.12. The maximum atomic E-state index is 11.8. The van der Waals surface area contributed by atoms with Crippen LogP contribution in [0.5, 0.6) is 0 Å². The van der Waals surface area contributed by atoms with Gasteiger partial charge in [-0.3, -0.25) is 14.5 Å². The van der Waals surface area contributed by atoms with Crippen molar-refractivity contribution >= 4 is 11.7 Å². The van der Waals surface area contributed by atoms with Gasteiger partial charge in [0, 0.05) is 13.1 Å². The zero-order valence-electron chi connectivity index (χ0n) is 12.5. The zero-order chi connectivity index (χ0) is 14.3. The molecular formula is C13H27N3O2. The molecule has 0 fully saturated rings. The number of hydrogen-bond acceptors (Lipinski definition) is 4. The van der Waals surface area contributed by atoms with Crippen molar-refractivity contribution in [3.05, 3.63) is 0 Å². The van der Waals surface area contributed by atoms with E-state index in [2.05, 4.69) is 10.2 Å². The van der Waals surface area contributed by atoms with E-state index in [1.54, 1.807) is 0 Å². The van der Waals surface area contributed by atoms with Crippen molar-refractivity contribution < 1.29 is 9.59 Å². The summed E-state index contributed by atoms with van der Waals surface area (Å²) in [6, 6.07) is -0.375. The van der Waals surface area contributed by atoms with E-state index in [1.165, 1.54) is 6.92 Å². The van der Waals surface area contributed by atoms with Gasteiger partial charge < -0.3 is 10.2 Å². The van der Waals surface area contributed by atoms with Gasteiger partial charge in [-0.05, 0) is 34.0 Å². The quantitative estimate of drug-likeness (QED) is 0.675. The minimum atomic E-state index is -0.375. The Bertz CT molecular complexity index is 277. The predicted octanol–water partition coefficient (Wildman–Crippen LogP) is 0.210. The predicted molar refractivity (Wildman–Crippen MR) is 73.5 cm³/mol. The van der Waals surface area contributed by atoms with E-state index in [0.717, 1.165) is 13.1 Å². The minimum absolute atomic E-state index is 0.00861. The lowest BCUT2D eigenvalue weighted by molar-refractivity contribution is -0.128. The molecule has 0 aliphatic carbocycles. The van der Waals surface area contributed by atoms with E-state index in [-0.39, 0.29) is 23.7 Å². The Labute approximate surface area is 111 Å². The molecule has 5 nitrogen and oxygen atoms in total. The molecule has 5 heteroatoms. The molecule has 1 N–H and O–H groups in total. The number of likely N-dealkylation sites (N-methyl/N-ethyl adjacent to an activating group) is 2. The number of amides is 1. The second-order valence-electron chi connectivity index (χ2n) is 5.44. The second-order valence-corrected chi connectivity index (χ2v) is 5.44. The minimum Gasteiger partial charge on any atom is -0.345 e. The summed E-state index contributed by atoms with van der Waals surface area (Å²) in [5.41, 5.74) is 0. The fourth-order valence-electron chi connectivity index (χ4n) is 1.65. The van der Waals surface area contributed by atoms with Crippen LogP contribution in [0.4, 0.5) is 0 Å². The molecule has 0 radical (unpaired) electrons. The van der Waals surface area contributed by atoms with Crippen LogP contribution in [0, 0.1) is 5.92 Å². The van der Waals surface area contributed by atoms with Crippen LogP contribution in [0.2, 0.25) is 0 Å². The average molecular weight is 257 g/mol. The number of rotatable bonds is 8. The Kier molecular flexibility index (Phi) is 7.78. The zero-order valence-corrected chi connectivity index (χ0v) is 12.5. The van der Waals surface area contributed by atoms with E-state index < -0.39 is 0 Å². The SMILES string of the molecule is CC(=O)C(NC(=O)CN(C)CCN(C)C)C(C)C. The fraction of sp³-hybridized carbons (Fsp3) is 0.846. The van der Waals surface area contributed by atoms with Crippen molar-refractivity contribution in [3.8, 4) is 0 Å². The molecule has 18 heavy (non-hydrogen) atoms. The van der Waals surface area contributed by atoms with Gasteiger partial charge >= 0.3 is 0 Å². The first kappa shape index (κ1) is 17.1. The largest absolute Gasteiger partial charge is 0.345 e. The van der Waals surface area contributed by atoms with Gasteiger partial charge in [-0.25, -0.2) is 0 Å². The van der Waals surface area contributed by atoms with Crippen LogP contribution in [0.1, 0.15) is 20.8 Å². The molecule has 0 spiro atoms. The van der Waals surface area contributed by atoms with E-state index in [9.17, 15) is 9.59 Å². The van der Waals surface area contributed by atoms with Crippen LogP contribution in [0.15, 0.2) is 0 Å². The summed E-state index contributed by atoms with van der Waals surface area (Å²) in [5.74, 6) is 0.0398. The molecular weight excluding hydrogens is 230 g/mol. The fourth-order valence-corrected chi connectivity index (χ4v) is 1.65. The summed E-state index contributed by atoms with van der Waals surface area (Å²) in [6.07, 6.45) is 0. The van der Waals surface area contributed by atoms with Crippen LogP contribution in [-0.2, 0) is 9.59 Å². The van der Waals surface area contributed by atoms with Gasteiger partial charge in [0.05, 0.1) is 12.6 Å². The molecule has 0 aromatic carbocycles. The molecule has 0 saturated heterocycles. The van der Waals surface area contributed by atoms with Crippen molar-refractivity contribution in [2.75, 3.05) is 40.8 Å². The maximum absolute atomic E-state index is 11.8. The third-order valence-electron chi connectivity index (χ3n) is 2.76. The molecule has 0 bridgehead atoms. The molecule has 0 saturated carbocycles. The Morgan fingerprint density at radius 3 is 2.06 bits per heavy atom. The molecule has 1 atom stereocenters. The number of carbonyl (C=O) groups excluding carboxylic acids is 2. The van der Waals surface area contributed by atoms with E-state index >= 15 is 0 Å². The molecule has 0 rings (SSSR count). The van der Waals surface area contributed by atoms with Gasteiger partial charge in [-0.15, -0.1) is 0 Å². The highest BCUT2D eigenvalue weighted by Gasteiger charge is 2.20. The van der Waals surface area contributed by atoms with Gasteiger partial charge in [0.25, 0.3) is 0 Å². The molecule has 0 aromatic rings. The molecule has 1 amide bonds. The number of nitrogens with zero attached hydrogens (tertiary/aromatic N) is 2. The first-order chi connectivity index (χ1) is 8.23. The highest BCUT2D eigenvalue weighted by atomic mass is 16.2. The van der Waals surface area contributed by atoms with Crippen LogP contribution in [0.25, 0.3) is 0 Å². The Morgan fingerprint density at radius 2 is 1.67 bits per heavy atom. The van der Waals surface area contributed by atoms with Crippen molar-refractivity contribution in [2.24, 2.45) is 5.92 Å². The summed E-state index contributed by atoms with van der Waals surface area (Å²) in [5, 5.41) is 2.79. The lowest BCUT2D eigenvalue weighted by Crippen LogP contribution is -2.47. The van der Waals surface area contributed by atoms with Crippen LogP contribution in [-0.4, -0.2) is 68.3 Å². The van der Waals surface area contributed by atoms with Gasteiger partial charge in [0.1, 0.15) is 0 Å². The number of carbonyl (C=O) groups is 2. The van der Waals surface area contributed by atoms with E-state index in [1.807, 2.05) is 39.9 Å². The van der Waals surface area contributed by atoms with Crippen molar-refractivity contribution in [2.45, 2.75) is 26.8 Å². The standard InChI is InChI=1S/C13H27N3O2/c1-10(2)13(11(3)17)14-12(18)9-16(6)8-7-15(4)5/h10,13H,7-9H2,1-6H3,(H,14,18). The summed E-state index contributed by atoms with van der Waals surface area (Å²) in [6.45, 7) is 7.44. The lowest BCUT2D eigenvalue weighted by atomic mass is 10.0. The Morgan fingerprint density at radius 1 is 1.11 bits per heavy atom. The number of ketones is 1. The number of nitrogens with one attached hydrogen (secondary N) is 1. The summed E-state index contributed by atoms with van der Waals surface area (Å²) < 4.78 is 0. The van der Waals surface area contributed by atoms with Crippen molar-refractivity contribution in [1.82, 2.24) is 15.1 Å². The van der Waals surface area contributed by atoms with Crippen molar-refractivity contribution in [3.63, 3.8) is 0 Å². The summed E-state index contributed by atoms with van der Waals surface area (Å²) in [7, 11) is 5.90. The molecule has 106 valence electrons. The summed E-state index contributed by atoms with van der Waals surface area (Å²) in [4.78, 5) is 27.2. The average Bonchev–Trinajstić information content (AvgIpc) is 2.22. The highest BCUT2D eigenvalue weighted by molar-refractivity contribution is 5.88. The molecule has 0 aliphatic heterocycles. The monoisotopic (exact) mass is 257 g/mol. The number of hydrogen-bond donors (Lipinski definition) is 1. The number of Topliss-reactive ketones (excluding diaryl/α,β-unsaturated/α-hetero) is 1. The third-order valence-corrected chi connectivity index (χ3v) is 2.76. The first-order valence-corrected chi connectivity index (χ1v) is 6.37. The topological polar surface area (TPSA) is 52.7 Å². The van der Waals surface area contributed by atoms with Crippen LogP contribution in [0.3, 0.4) is 0 Å². The lowest BCUT2D eigenvalue weighted by Gasteiger charge is -2.22. The van der Waals surface area contributed by atoms with Gasteiger partial charge in [0.15, 0.2) is 5.78 Å². The van der Waals surface area contributed by atoms with Crippen molar-refractivity contribution in [1.29, 1.82) is 0 Å². The van der Waals surface area contributed by atoms with Crippen LogP contribution < -0.4 is 5.32 Å². The van der Waals surface area contributed by atoms with Gasteiger partial charge in [-0.1, -0.05) is 13.8 Å². The first-order valence-electron chi connectivity index (χ1n) is 6.37. The molecule has 1 unspecified atom stereocenters. The Hall–Kier alpha value is -0.940. The molecule has 0 heterocycles. The molecule has 0 aromatic heterocycles. The van der Waals surface area contributed by atoms with Gasteiger partial charge in [0.2, 0.25) is 5.91 Å². The normalized spacial score (nSPS) is 13.2. The third kappa shape index (κ3) is 7.40. The van der Waals surface area contributed by atoms with E-state index in [0.29, 0.717) is 6.54 Å². The van der Waals surface area contributed by atoms with Crippen LogP contribution >= 0.6 is 0 Å². The highest BCUT2D eigenvalue weighted by Crippen LogP contribution is 2.02. The summed E-state index contributed by atoms with van der Waals surface area (Å²) >= 11 is 0. The molecule has 0 aliphatic rings. The second kappa shape index (κ2) is 8.21. The van der Waals surface area contributed by atoms with E-state index in [4.69, 9.17) is 0 Å². The maximum Gasteiger partial charge on any atom is 0.234 e.